The Hall–Kier alpha value is -2.50. The SMILES string of the molecule is CC(CC(N)=O)NC(=O)c1cc2cc(N)ccc2[nH]1. The number of primary amides is 1. The second kappa shape index (κ2) is 5.01. The van der Waals surface area contributed by atoms with Crippen molar-refractivity contribution in [3.8, 4) is 0 Å². The van der Waals surface area contributed by atoms with Gasteiger partial charge in [-0.25, -0.2) is 0 Å². The van der Waals surface area contributed by atoms with Crippen molar-refractivity contribution < 1.29 is 9.59 Å². The van der Waals surface area contributed by atoms with E-state index in [2.05, 4.69) is 10.3 Å². The van der Waals surface area contributed by atoms with Gasteiger partial charge in [0, 0.05) is 29.1 Å². The van der Waals surface area contributed by atoms with E-state index in [0.717, 1.165) is 10.9 Å². The topological polar surface area (TPSA) is 114 Å². The first-order valence-corrected chi connectivity index (χ1v) is 5.93. The minimum absolute atomic E-state index is 0.110. The Kier molecular flexibility index (Phi) is 3.41. The van der Waals surface area contributed by atoms with Gasteiger partial charge in [0.2, 0.25) is 5.91 Å². The third kappa shape index (κ3) is 3.04. The number of nitrogen functional groups attached to an aromatic ring is 1. The summed E-state index contributed by atoms with van der Waals surface area (Å²) in [4.78, 5) is 25.7. The first kappa shape index (κ1) is 12.9. The number of fused-ring (bicyclic) bond motifs is 1. The number of benzene rings is 1. The molecule has 2 aromatic rings. The summed E-state index contributed by atoms with van der Waals surface area (Å²) >= 11 is 0. The largest absolute Gasteiger partial charge is 0.399 e. The summed E-state index contributed by atoms with van der Waals surface area (Å²) in [6.07, 6.45) is 0.110. The summed E-state index contributed by atoms with van der Waals surface area (Å²) in [5.41, 5.74) is 12.7. The number of nitrogens with two attached hydrogens (primary N) is 2. The van der Waals surface area contributed by atoms with Crippen molar-refractivity contribution in [3.05, 3.63) is 30.0 Å². The summed E-state index contributed by atoms with van der Waals surface area (Å²) in [5.74, 6) is -0.722. The van der Waals surface area contributed by atoms with Crippen LogP contribution >= 0.6 is 0 Å². The number of anilines is 1. The molecule has 6 heteroatoms. The Labute approximate surface area is 110 Å². The van der Waals surface area contributed by atoms with E-state index in [1.54, 1.807) is 25.1 Å². The van der Waals surface area contributed by atoms with Crippen LogP contribution in [0.25, 0.3) is 10.9 Å². The Morgan fingerprint density at radius 3 is 2.79 bits per heavy atom. The lowest BCUT2D eigenvalue weighted by molar-refractivity contribution is -0.118. The molecule has 1 unspecified atom stereocenters. The monoisotopic (exact) mass is 260 g/mol. The molecular formula is C13H16N4O2. The molecule has 2 amide bonds. The number of carbonyl (C=O) groups excluding carboxylic acids is 2. The fraction of sp³-hybridized carbons (Fsp3) is 0.231. The van der Waals surface area contributed by atoms with E-state index in [1.807, 2.05) is 6.07 Å². The summed E-state index contributed by atoms with van der Waals surface area (Å²) in [7, 11) is 0. The average Bonchev–Trinajstić information content (AvgIpc) is 2.70. The van der Waals surface area contributed by atoms with Crippen LogP contribution in [0, 0.1) is 0 Å². The summed E-state index contributed by atoms with van der Waals surface area (Å²) in [6.45, 7) is 1.73. The van der Waals surface area contributed by atoms with Crippen LogP contribution in [0.1, 0.15) is 23.8 Å². The van der Waals surface area contributed by atoms with Crippen LogP contribution in [0.15, 0.2) is 24.3 Å². The van der Waals surface area contributed by atoms with Crippen LogP contribution in [-0.2, 0) is 4.79 Å². The second-order valence-corrected chi connectivity index (χ2v) is 4.57. The van der Waals surface area contributed by atoms with Gasteiger partial charge in [0.1, 0.15) is 5.69 Å². The lowest BCUT2D eigenvalue weighted by atomic mass is 10.2. The van der Waals surface area contributed by atoms with Crippen molar-refractivity contribution in [2.75, 3.05) is 5.73 Å². The molecule has 0 radical (unpaired) electrons. The van der Waals surface area contributed by atoms with Crippen molar-refractivity contribution in [1.29, 1.82) is 0 Å². The fourth-order valence-corrected chi connectivity index (χ4v) is 1.93. The smallest absolute Gasteiger partial charge is 0.267 e. The maximum Gasteiger partial charge on any atom is 0.267 e. The van der Waals surface area contributed by atoms with E-state index < -0.39 is 5.91 Å². The van der Waals surface area contributed by atoms with E-state index in [1.165, 1.54) is 0 Å². The van der Waals surface area contributed by atoms with Gasteiger partial charge in [0.05, 0.1) is 0 Å². The molecule has 0 spiro atoms. The van der Waals surface area contributed by atoms with Crippen LogP contribution in [-0.4, -0.2) is 22.8 Å². The van der Waals surface area contributed by atoms with Crippen LogP contribution < -0.4 is 16.8 Å². The Bertz CT molecular complexity index is 633. The molecule has 1 aromatic heterocycles. The van der Waals surface area contributed by atoms with Crippen LogP contribution in [0.2, 0.25) is 0 Å². The van der Waals surface area contributed by atoms with Gasteiger partial charge in [-0.1, -0.05) is 0 Å². The molecule has 100 valence electrons. The first-order valence-electron chi connectivity index (χ1n) is 5.93. The van der Waals surface area contributed by atoms with Gasteiger partial charge in [-0.3, -0.25) is 9.59 Å². The van der Waals surface area contributed by atoms with E-state index in [9.17, 15) is 9.59 Å². The van der Waals surface area contributed by atoms with Crippen molar-refractivity contribution in [3.63, 3.8) is 0 Å². The van der Waals surface area contributed by atoms with Gasteiger partial charge in [-0.15, -0.1) is 0 Å². The van der Waals surface area contributed by atoms with Crippen molar-refractivity contribution in [2.24, 2.45) is 5.73 Å². The zero-order chi connectivity index (χ0) is 14.0. The number of aromatic amines is 1. The van der Waals surface area contributed by atoms with Gasteiger partial charge in [-0.05, 0) is 31.2 Å². The number of aromatic nitrogens is 1. The highest BCUT2D eigenvalue weighted by molar-refractivity contribution is 5.98. The quantitative estimate of drug-likeness (QED) is 0.608. The molecule has 0 bridgehead atoms. The molecule has 1 atom stereocenters. The molecule has 0 aliphatic carbocycles. The number of carbonyl (C=O) groups is 2. The third-order valence-electron chi connectivity index (χ3n) is 2.77. The molecule has 2 rings (SSSR count). The second-order valence-electron chi connectivity index (χ2n) is 4.57. The van der Waals surface area contributed by atoms with Gasteiger partial charge >= 0.3 is 0 Å². The fourth-order valence-electron chi connectivity index (χ4n) is 1.93. The molecular weight excluding hydrogens is 244 g/mol. The first-order chi connectivity index (χ1) is 8.95. The Morgan fingerprint density at radius 1 is 1.37 bits per heavy atom. The van der Waals surface area contributed by atoms with Crippen molar-refractivity contribution in [1.82, 2.24) is 10.3 Å². The predicted molar refractivity (Wildman–Crippen MR) is 73.5 cm³/mol. The normalized spacial score (nSPS) is 12.3. The zero-order valence-corrected chi connectivity index (χ0v) is 10.6. The summed E-state index contributed by atoms with van der Waals surface area (Å²) in [5, 5.41) is 3.57. The molecule has 6 N–H and O–H groups in total. The molecule has 6 nitrogen and oxygen atoms in total. The third-order valence-corrected chi connectivity index (χ3v) is 2.77. The van der Waals surface area contributed by atoms with E-state index in [4.69, 9.17) is 11.5 Å². The molecule has 0 aliphatic heterocycles. The molecule has 1 aromatic carbocycles. The lowest BCUT2D eigenvalue weighted by Crippen LogP contribution is -2.35. The Balaban J connectivity index is 2.15. The molecule has 0 saturated heterocycles. The number of nitrogens with one attached hydrogen (secondary N) is 2. The maximum atomic E-state index is 12.0. The van der Waals surface area contributed by atoms with Gasteiger partial charge < -0.3 is 21.8 Å². The molecule has 0 fully saturated rings. The van der Waals surface area contributed by atoms with Crippen LogP contribution in [0.4, 0.5) is 5.69 Å². The molecule has 1 heterocycles. The number of rotatable bonds is 4. The van der Waals surface area contributed by atoms with Crippen molar-refractivity contribution in [2.45, 2.75) is 19.4 Å². The van der Waals surface area contributed by atoms with Crippen LogP contribution in [0.5, 0.6) is 0 Å². The Morgan fingerprint density at radius 2 is 2.11 bits per heavy atom. The van der Waals surface area contributed by atoms with Gasteiger partial charge in [-0.2, -0.15) is 0 Å². The van der Waals surface area contributed by atoms with E-state index in [-0.39, 0.29) is 18.4 Å². The van der Waals surface area contributed by atoms with E-state index >= 15 is 0 Å². The number of H-pyrrole nitrogens is 1. The summed E-state index contributed by atoms with van der Waals surface area (Å²) < 4.78 is 0. The van der Waals surface area contributed by atoms with Gasteiger partial charge in [0.15, 0.2) is 0 Å². The molecule has 0 saturated carbocycles. The summed E-state index contributed by atoms with van der Waals surface area (Å²) in [6, 6.07) is 6.78. The highest BCUT2D eigenvalue weighted by Crippen LogP contribution is 2.18. The van der Waals surface area contributed by atoms with E-state index in [0.29, 0.717) is 11.4 Å². The number of amides is 2. The number of hydrogen-bond acceptors (Lipinski definition) is 3. The molecule has 19 heavy (non-hydrogen) atoms. The molecule has 0 aliphatic rings. The van der Waals surface area contributed by atoms with Crippen LogP contribution in [0.3, 0.4) is 0 Å². The average molecular weight is 260 g/mol. The van der Waals surface area contributed by atoms with Gasteiger partial charge in [0.25, 0.3) is 5.91 Å². The standard InChI is InChI=1S/C13H16N4O2/c1-7(4-12(15)18)16-13(19)11-6-8-5-9(14)2-3-10(8)17-11/h2-3,5-7,17H,4,14H2,1H3,(H2,15,18)(H,16,19). The minimum atomic E-state index is -0.447. The zero-order valence-electron chi connectivity index (χ0n) is 10.6. The lowest BCUT2D eigenvalue weighted by Gasteiger charge is -2.10. The number of hydrogen-bond donors (Lipinski definition) is 4. The van der Waals surface area contributed by atoms with Crippen molar-refractivity contribution >= 4 is 28.4 Å². The minimum Gasteiger partial charge on any atom is -0.399 e. The predicted octanol–water partition coefficient (Wildman–Crippen LogP) is 0.744. The maximum absolute atomic E-state index is 12.0. The highest BCUT2D eigenvalue weighted by atomic mass is 16.2. The highest BCUT2D eigenvalue weighted by Gasteiger charge is 2.13.